The van der Waals surface area contributed by atoms with Gasteiger partial charge in [-0.05, 0) is 26.3 Å². The highest BCUT2D eigenvalue weighted by Gasteiger charge is 2.17. The van der Waals surface area contributed by atoms with Gasteiger partial charge in [0, 0.05) is 30.2 Å². The van der Waals surface area contributed by atoms with Crippen molar-refractivity contribution in [2.75, 3.05) is 13.1 Å². The van der Waals surface area contributed by atoms with Crippen LogP contribution in [-0.4, -0.2) is 34.8 Å². The molecular formula is C12H19N3OS. The molecule has 94 valence electrons. The molecule has 1 aromatic rings. The lowest BCUT2D eigenvalue weighted by molar-refractivity contribution is -0.116. The molecule has 0 radical (unpaired) electrons. The molecule has 1 atom stereocenters. The predicted molar refractivity (Wildman–Crippen MR) is 69.0 cm³/mol. The summed E-state index contributed by atoms with van der Waals surface area (Å²) in [6.45, 7) is 4.61. The zero-order valence-corrected chi connectivity index (χ0v) is 11.0. The van der Waals surface area contributed by atoms with Gasteiger partial charge in [0.25, 0.3) is 0 Å². The van der Waals surface area contributed by atoms with Crippen LogP contribution in [0.2, 0.25) is 0 Å². The Kier molecular flexibility index (Phi) is 4.25. The normalized spacial score (nSPS) is 21.6. The minimum atomic E-state index is 0.172. The van der Waals surface area contributed by atoms with Gasteiger partial charge in [0.1, 0.15) is 10.8 Å². The second kappa shape index (κ2) is 5.71. The van der Waals surface area contributed by atoms with Gasteiger partial charge in [-0.3, -0.25) is 9.69 Å². The summed E-state index contributed by atoms with van der Waals surface area (Å²) in [5, 5.41) is 0.925. The van der Waals surface area contributed by atoms with Crippen LogP contribution >= 0.6 is 11.3 Å². The van der Waals surface area contributed by atoms with Crippen molar-refractivity contribution in [1.29, 1.82) is 0 Å². The Labute approximate surface area is 106 Å². The van der Waals surface area contributed by atoms with Gasteiger partial charge in [0.05, 0.1) is 6.42 Å². The summed E-state index contributed by atoms with van der Waals surface area (Å²) in [5.74, 6) is 0.172. The summed E-state index contributed by atoms with van der Waals surface area (Å²) < 4.78 is 0. The summed E-state index contributed by atoms with van der Waals surface area (Å²) in [6.07, 6.45) is 4.67. The van der Waals surface area contributed by atoms with Crippen molar-refractivity contribution >= 4 is 17.1 Å². The fraction of sp³-hybridized carbons (Fsp3) is 0.667. The quantitative estimate of drug-likeness (QED) is 0.876. The SMILES string of the molecule is CC(=O)Cc1ncc(CN2CCCC(N)C2)s1. The first kappa shape index (κ1) is 12.7. The largest absolute Gasteiger partial charge is 0.327 e. The molecule has 5 heteroatoms. The van der Waals surface area contributed by atoms with E-state index in [9.17, 15) is 4.79 Å². The van der Waals surface area contributed by atoms with Crippen LogP contribution in [0.15, 0.2) is 6.20 Å². The highest BCUT2D eigenvalue weighted by atomic mass is 32.1. The van der Waals surface area contributed by atoms with E-state index in [-0.39, 0.29) is 5.78 Å². The molecule has 1 aliphatic rings. The van der Waals surface area contributed by atoms with Crippen LogP contribution in [0, 0.1) is 0 Å². The molecule has 1 aromatic heterocycles. The third-order valence-electron chi connectivity index (χ3n) is 2.92. The van der Waals surface area contributed by atoms with Crippen molar-refractivity contribution in [3.8, 4) is 0 Å². The molecule has 1 unspecified atom stereocenters. The summed E-state index contributed by atoms with van der Waals surface area (Å²) in [6, 6.07) is 0.313. The van der Waals surface area contributed by atoms with E-state index in [0.29, 0.717) is 12.5 Å². The van der Waals surface area contributed by atoms with Gasteiger partial charge in [0.15, 0.2) is 0 Å². The van der Waals surface area contributed by atoms with Gasteiger partial charge < -0.3 is 5.73 Å². The number of likely N-dealkylation sites (tertiary alicyclic amines) is 1. The number of ketones is 1. The maximum atomic E-state index is 11.0. The van der Waals surface area contributed by atoms with Crippen molar-refractivity contribution in [2.45, 2.75) is 38.8 Å². The van der Waals surface area contributed by atoms with Gasteiger partial charge in [-0.15, -0.1) is 11.3 Å². The fourth-order valence-corrected chi connectivity index (χ4v) is 3.21. The first-order valence-corrected chi connectivity index (χ1v) is 6.86. The van der Waals surface area contributed by atoms with Crippen LogP contribution in [0.25, 0.3) is 0 Å². The second-order valence-corrected chi connectivity index (χ2v) is 5.94. The van der Waals surface area contributed by atoms with Crippen molar-refractivity contribution < 1.29 is 4.79 Å². The second-order valence-electron chi connectivity index (χ2n) is 4.74. The summed E-state index contributed by atoms with van der Waals surface area (Å²) in [5.41, 5.74) is 5.95. The van der Waals surface area contributed by atoms with Crippen LogP contribution in [0.4, 0.5) is 0 Å². The first-order chi connectivity index (χ1) is 8.13. The highest BCUT2D eigenvalue weighted by Crippen LogP contribution is 2.18. The van der Waals surface area contributed by atoms with E-state index in [0.717, 1.165) is 31.1 Å². The van der Waals surface area contributed by atoms with Gasteiger partial charge in [0.2, 0.25) is 0 Å². The number of thiazole rings is 1. The van der Waals surface area contributed by atoms with E-state index in [1.807, 2.05) is 6.20 Å². The maximum Gasteiger partial charge on any atom is 0.136 e. The highest BCUT2D eigenvalue weighted by molar-refractivity contribution is 7.11. The zero-order chi connectivity index (χ0) is 12.3. The molecule has 1 fully saturated rings. The molecule has 2 N–H and O–H groups in total. The topological polar surface area (TPSA) is 59.2 Å². The lowest BCUT2D eigenvalue weighted by Gasteiger charge is -2.29. The molecule has 1 aliphatic heterocycles. The molecule has 0 bridgehead atoms. The first-order valence-electron chi connectivity index (χ1n) is 6.04. The number of nitrogens with two attached hydrogens (primary N) is 1. The molecule has 0 aliphatic carbocycles. The molecule has 1 saturated heterocycles. The minimum Gasteiger partial charge on any atom is -0.327 e. The van der Waals surface area contributed by atoms with E-state index >= 15 is 0 Å². The van der Waals surface area contributed by atoms with Crippen molar-refractivity contribution in [1.82, 2.24) is 9.88 Å². The number of piperidine rings is 1. The third-order valence-corrected chi connectivity index (χ3v) is 3.91. The van der Waals surface area contributed by atoms with Gasteiger partial charge in [-0.2, -0.15) is 0 Å². The lowest BCUT2D eigenvalue weighted by Crippen LogP contribution is -2.42. The molecule has 0 amide bonds. The number of nitrogens with zero attached hydrogens (tertiary/aromatic N) is 2. The van der Waals surface area contributed by atoms with Crippen LogP contribution in [-0.2, 0) is 17.8 Å². The van der Waals surface area contributed by atoms with Crippen molar-refractivity contribution in [3.05, 3.63) is 16.1 Å². The maximum absolute atomic E-state index is 11.0. The Morgan fingerprint density at radius 3 is 3.24 bits per heavy atom. The standard InChI is InChI=1S/C12H19N3OS/c1-9(16)5-12-14-6-11(17-12)8-15-4-2-3-10(13)7-15/h6,10H,2-5,7-8,13H2,1H3. The Morgan fingerprint density at radius 1 is 1.71 bits per heavy atom. The Hall–Kier alpha value is -0.780. The van der Waals surface area contributed by atoms with E-state index in [4.69, 9.17) is 5.73 Å². The van der Waals surface area contributed by atoms with Crippen molar-refractivity contribution in [2.24, 2.45) is 5.73 Å². The van der Waals surface area contributed by atoms with Crippen LogP contribution in [0.5, 0.6) is 0 Å². The van der Waals surface area contributed by atoms with Gasteiger partial charge in [-0.25, -0.2) is 4.98 Å². The molecular weight excluding hydrogens is 234 g/mol. The smallest absolute Gasteiger partial charge is 0.136 e. The molecule has 2 rings (SSSR count). The molecule has 0 saturated carbocycles. The number of hydrogen-bond acceptors (Lipinski definition) is 5. The molecule has 17 heavy (non-hydrogen) atoms. The number of rotatable bonds is 4. The Balaban J connectivity index is 1.89. The Bertz CT molecular complexity index is 391. The van der Waals surface area contributed by atoms with E-state index < -0.39 is 0 Å². The van der Waals surface area contributed by atoms with Gasteiger partial charge in [-0.1, -0.05) is 0 Å². The van der Waals surface area contributed by atoms with Crippen LogP contribution in [0.1, 0.15) is 29.7 Å². The van der Waals surface area contributed by atoms with Crippen molar-refractivity contribution in [3.63, 3.8) is 0 Å². The van der Waals surface area contributed by atoms with Crippen LogP contribution < -0.4 is 5.73 Å². The Morgan fingerprint density at radius 2 is 2.53 bits per heavy atom. The lowest BCUT2D eigenvalue weighted by atomic mass is 10.1. The molecule has 0 spiro atoms. The van der Waals surface area contributed by atoms with E-state index in [2.05, 4.69) is 9.88 Å². The molecule has 0 aromatic carbocycles. The number of carbonyl (C=O) groups excluding carboxylic acids is 1. The molecule has 2 heterocycles. The number of Topliss-reactive ketones (excluding diaryl/α,β-unsaturated/α-hetero) is 1. The third kappa shape index (κ3) is 3.87. The van der Waals surface area contributed by atoms with Crippen LogP contribution in [0.3, 0.4) is 0 Å². The number of hydrogen-bond donors (Lipinski definition) is 1. The fourth-order valence-electron chi connectivity index (χ4n) is 2.17. The minimum absolute atomic E-state index is 0.172. The zero-order valence-electron chi connectivity index (χ0n) is 10.2. The van der Waals surface area contributed by atoms with E-state index in [1.165, 1.54) is 11.3 Å². The van der Waals surface area contributed by atoms with Gasteiger partial charge >= 0.3 is 0 Å². The average Bonchev–Trinajstić information content (AvgIpc) is 2.64. The summed E-state index contributed by atoms with van der Waals surface area (Å²) in [7, 11) is 0. The average molecular weight is 253 g/mol. The van der Waals surface area contributed by atoms with E-state index in [1.54, 1.807) is 18.3 Å². The summed E-state index contributed by atoms with van der Waals surface area (Å²) in [4.78, 5) is 18.9. The molecule has 4 nitrogen and oxygen atoms in total. The number of carbonyl (C=O) groups is 1. The number of aromatic nitrogens is 1. The monoisotopic (exact) mass is 253 g/mol. The predicted octanol–water partition coefficient (Wildman–Crippen LogP) is 1.20. The summed E-state index contributed by atoms with van der Waals surface area (Å²) >= 11 is 1.64.